The average Bonchev–Trinajstić information content (AvgIpc) is 2.17. The fourth-order valence-corrected chi connectivity index (χ4v) is 2.09. The van der Waals surface area contributed by atoms with E-state index < -0.39 is 10.0 Å². The van der Waals surface area contributed by atoms with Gasteiger partial charge in [0.05, 0.1) is 17.5 Å². The predicted octanol–water partition coefficient (Wildman–Crippen LogP) is 1.91. The van der Waals surface area contributed by atoms with Gasteiger partial charge in [0.15, 0.2) is 0 Å². The van der Waals surface area contributed by atoms with Crippen molar-refractivity contribution in [3.8, 4) is 0 Å². The van der Waals surface area contributed by atoms with E-state index in [4.69, 9.17) is 0 Å². The zero-order chi connectivity index (χ0) is 11.8. The molecule has 0 saturated heterocycles. The number of hydrogen-bond donors (Lipinski definition) is 1. The van der Waals surface area contributed by atoms with Gasteiger partial charge in [-0.15, -0.1) is 0 Å². The Balaban J connectivity index is 2.65. The first kappa shape index (κ1) is 10.9. The van der Waals surface area contributed by atoms with Crippen molar-refractivity contribution in [2.24, 2.45) is 0 Å². The van der Waals surface area contributed by atoms with Crippen LogP contribution in [0, 0.1) is 6.92 Å². The molecule has 0 aliphatic heterocycles. The van der Waals surface area contributed by atoms with Crippen molar-refractivity contribution in [2.75, 3.05) is 11.0 Å². The van der Waals surface area contributed by atoms with Gasteiger partial charge >= 0.3 is 0 Å². The summed E-state index contributed by atoms with van der Waals surface area (Å²) >= 11 is 0. The van der Waals surface area contributed by atoms with Crippen LogP contribution in [0.15, 0.2) is 30.3 Å². The van der Waals surface area contributed by atoms with E-state index >= 15 is 0 Å². The molecule has 0 radical (unpaired) electrons. The molecule has 1 aromatic carbocycles. The summed E-state index contributed by atoms with van der Waals surface area (Å²) in [5, 5.41) is 0.916. The summed E-state index contributed by atoms with van der Waals surface area (Å²) in [6.07, 6.45) is 1.13. The largest absolute Gasteiger partial charge is 0.282 e. The molecule has 1 N–H and O–H groups in total. The second-order valence-corrected chi connectivity index (χ2v) is 5.45. The topological polar surface area (TPSA) is 59.1 Å². The predicted molar refractivity (Wildman–Crippen MR) is 64.9 cm³/mol. The highest BCUT2D eigenvalue weighted by Crippen LogP contribution is 2.22. The maximum absolute atomic E-state index is 11.2. The highest BCUT2D eigenvalue weighted by atomic mass is 32.2. The molecule has 1 heterocycles. The van der Waals surface area contributed by atoms with Gasteiger partial charge in [-0.1, -0.05) is 18.2 Å². The molecule has 84 valence electrons. The van der Waals surface area contributed by atoms with Crippen LogP contribution in [0.25, 0.3) is 10.9 Å². The van der Waals surface area contributed by atoms with E-state index in [1.807, 2.05) is 25.1 Å². The molecule has 4 nitrogen and oxygen atoms in total. The fourth-order valence-electron chi connectivity index (χ4n) is 1.53. The number of fused-ring (bicyclic) bond motifs is 1. The van der Waals surface area contributed by atoms with Gasteiger partial charge in [0.25, 0.3) is 0 Å². The Bertz CT molecular complexity index is 635. The normalized spacial score (nSPS) is 11.6. The van der Waals surface area contributed by atoms with E-state index in [9.17, 15) is 8.42 Å². The maximum atomic E-state index is 11.2. The van der Waals surface area contributed by atoms with Crippen LogP contribution in [0.1, 0.15) is 5.69 Å². The first-order chi connectivity index (χ1) is 7.46. The number of pyridine rings is 1. The van der Waals surface area contributed by atoms with Gasteiger partial charge in [-0.05, 0) is 19.1 Å². The molecule has 0 bridgehead atoms. The number of anilines is 1. The van der Waals surface area contributed by atoms with Crippen LogP contribution < -0.4 is 4.72 Å². The number of para-hydroxylation sites is 1. The summed E-state index contributed by atoms with van der Waals surface area (Å²) in [6.45, 7) is 1.87. The lowest BCUT2D eigenvalue weighted by molar-refractivity contribution is 0.607. The van der Waals surface area contributed by atoms with Gasteiger partial charge in [-0.25, -0.2) is 8.42 Å². The number of nitrogens with zero attached hydrogens (tertiary/aromatic N) is 1. The van der Waals surface area contributed by atoms with Crippen LogP contribution in [0.4, 0.5) is 5.69 Å². The minimum absolute atomic E-state index is 0.517. The minimum Gasteiger partial charge on any atom is -0.282 e. The van der Waals surface area contributed by atoms with Crippen molar-refractivity contribution < 1.29 is 8.42 Å². The lowest BCUT2D eigenvalue weighted by atomic mass is 10.2. The first-order valence-electron chi connectivity index (χ1n) is 4.80. The van der Waals surface area contributed by atoms with Crippen molar-refractivity contribution in [3.63, 3.8) is 0 Å². The van der Waals surface area contributed by atoms with E-state index in [0.29, 0.717) is 11.2 Å². The second-order valence-electron chi connectivity index (χ2n) is 3.70. The Morgan fingerprint density at radius 3 is 2.62 bits per heavy atom. The molecule has 0 spiro atoms. The van der Waals surface area contributed by atoms with Gasteiger partial charge in [-0.2, -0.15) is 0 Å². The summed E-state index contributed by atoms with van der Waals surface area (Å²) in [5.74, 6) is 0. The van der Waals surface area contributed by atoms with Crippen molar-refractivity contribution >= 4 is 26.6 Å². The van der Waals surface area contributed by atoms with Gasteiger partial charge < -0.3 is 0 Å². The van der Waals surface area contributed by atoms with Gasteiger partial charge in [0.1, 0.15) is 0 Å². The summed E-state index contributed by atoms with van der Waals surface area (Å²) in [5.41, 5.74) is 2.05. The third-order valence-electron chi connectivity index (χ3n) is 2.15. The van der Waals surface area contributed by atoms with Crippen molar-refractivity contribution in [2.45, 2.75) is 6.92 Å². The van der Waals surface area contributed by atoms with Crippen molar-refractivity contribution in [1.82, 2.24) is 4.98 Å². The zero-order valence-electron chi connectivity index (χ0n) is 9.06. The number of sulfonamides is 1. The van der Waals surface area contributed by atoms with E-state index in [0.717, 1.165) is 17.3 Å². The third kappa shape index (κ3) is 2.30. The van der Waals surface area contributed by atoms with Crippen LogP contribution in [0.3, 0.4) is 0 Å². The minimum atomic E-state index is -3.27. The Hall–Kier alpha value is -1.62. The molecular weight excluding hydrogens is 224 g/mol. The highest BCUT2D eigenvalue weighted by Gasteiger charge is 2.06. The third-order valence-corrected chi connectivity index (χ3v) is 2.75. The molecule has 0 aliphatic carbocycles. The van der Waals surface area contributed by atoms with E-state index in [2.05, 4.69) is 9.71 Å². The monoisotopic (exact) mass is 236 g/mol. The Kier molecular flexibility index (Phi) is 2.55. The number of rotatable bonds is 2. The zero-order valence-corrected chi connectivity index (χ0v) is 9.88. The molecule has 5 heteroatoms. The quantitative estimate of drug-likeness (QED) is 0.866. The molecule has 0 fully saturated rings. The first-order valence-corrected chi connectivity index (χ1v) is 6.69. The van der Waals surface area contributed by atoms with E-state index in [1.54, 1.807) is 12.1 Å². The summed E-state index contributed by atoms with van der Waals surface area (Å²) in [7, 11) is -3.27. The van der Waals surface area contributed by atoms with Crippen LogP contribution in [-0.4, -0.2) is 19.7 Å². The molecule has 0 saturated carbocycles. The molecule has 0 unspecified atom stereocenters. The smallest absolute Gasteiger partial charge is 0.229 e. The molecule has 16 heavy (non-hydrogen) atoms. The van der Waals surface area contributed by atoms with Crippen molar-refractivity contribution in [3.05, 3.63) is 36.0 Å². The van der Waals surface area contributed by atoms with Crippen LogP contribution in [0.2, 0.25) is 0 Å². The van der Waals surface area contributed by atoms with Gasteiger partial charge in [0.2, 0.25) is 10.0 Å². The Morgan fingerprint density at radius 1 is 1.19 bits per heavy atom. The van der Waals surface area contributed by atoms with E-state index in [1.165, 1.54) is 0 Å². The van der Waals surface area contributed by atoms with Gasteiger partial charge in [0, 0.05) is 11.1 Å². The molecular formula is C11H12N2O2S. The average molecular weight is 236 g/mol. The molecule has 0 amide bonds. The Morgan fingerprint density at radius 2 is 1.94 bits per heavy atom. The van der Waals surface area contributed by atoms with E-state index in [-0.39, 0.29) is 0 Å². The second kappa shape index (κ2) is 3.75. The van der Waals surface area contributed by atoms with Crippen LogP contribution in [-0.2, 0) is 10.0 Å². The Labute approximate surface area is 94.4 Å². The lowest BCUT2D eigenvalue weighted by Crippen LogP contribution is -2.10. The standard InChI is InChI=1S/C11H12N2O2S/c1-8-6-7-9-4-3-5-10(11(9)12-8)13-16(2,14)15/h3-7,13H,1-2H3. The lowest BCUT2D eigenvalue weighted by Gasteiger charge is -2.07. The number of aryl methyl sites for hydroxylation is 1. The fraction of sp³-hybridized carbons (Fsp3) is 0.182. The number of hydrogen-bond acceptors (Lipinski definition) is 3. The van der Waals surface area contributed by atoms with Gasteiger partial charge in [-0.3, -0.25) is 9.71 Å². The van der Waals surface area contributed by atoms with Crippen LogP contribution >= 0.6 is 0 Å². The molecule has 0 aliphatic rings. The van der Waals surface area contributed by atoms with Crippen LogP contribution in [0.5, 0.6) is 0 Å². The maximum Gasteiger partial charge on any atom is 0.229 e. The molecule has 2 aromatic rings. The summed E-state index contributed by atoms with van der Waals surface area (Å²) in [4.78, 5) is 4.33. The summed E-state index contributed by atoms with van der Waals surface area (Å²) < 4.78 is 24.8. The van der Waals surface area contributed by atoms with Crippen molar-refractivity contribution in [1.29, 1.82) is 0 Å². The summed E-state index contributed by atoms with van der Waals surface area (Å²) in [6, 6.07) is 9.22. The highest BCUT2D eigenvalue weighted by molar-refractivity contribution is 7.92. The molecule has 2 rings (SSSR count). The SMILES string of the molecule is Cc1ccc2cccc(NS(C)(=O)=O)c2n1. The number of benzene rings is 1. The molecule has 0 atom stereocenters. The number of aromatic nitrogens is 1. The molecule has 1 aromatic heterocycles. The number of nitrogens with one attached hydrogen (secondary N) is 1.